The van der Waals surface area contributed by atoms with Gasteiger partial charge in [0.25, 0.3) is 5.91 Å². The third-order valence-corrected chi connectivity index (χ3v) is 3.54. The molecule has 3 heteroatoms. The molecule has 0 aliphatic heterocycles. The van der Waals surface area contributed by atoms with Crippen LogP contribution in [0.5, 0.6) is 5.75 Å². The van der Waals surface area contributed by atoms with E-state index in [0.717, 1.165) is 42.7 Å². The maximum absolute atomic E-state index is 12.0. The zero-order valence-electron chi connectivity index (χ0n) is 14.0. The van der Waals surface area contributed by atoms with Crippen LogP contribution in [-0.4, -0.2) is 18.6 Å². The summed E-state index contributed by atoms with van der Waals surface area (Å²) < 4.78 is 5.89. The van der Waals surface area contributed by atoms with Crippen molar-refractivity contribution in [2.75, 3.05) is 6.54 Å². The van der Waals surface area contributed by atoms with E-state index in [1.54, 1.807) is 0 Å². The predicted molar refractivity (Wildman–Crippen MR) is 87.9 cm³/mol. The molecule has 0 fully saturated rings. The van der Waals surface area contributed by atoms with Crippen molar-refractivity contribution < 1.29 is 9.53 Å². The van der Waals surface area contributed by atoms with E-state index < -0.39 is 6.10 Å². The quantitative estimate of drug-likeness (QED) is 0.729. The number of unbranched alkanes of at least 4 members (excludes halogenated alkanes) is 2. The molecule has 0 saturated carbocycles. The van der Waals surface area contributed by atoms with E-state index in [1.165, 1.54) is 0 Å². The number of carbonyl (C=O) groups excluding carboxylic acids is 1. The van der Waals surface area contributed by atoms with Crippen LogP contribution in [0, 0.1) is 6.92 Å². The van der Waals surface area contributed by atoms with Gasteiger partial charge in [0.05, 0.1) is 0 Å². The zero-order valence-corrected chi connectivity index (χ0v) is 14.0. The van der Waals surface area contributed by atoms with Crippen LogP contribution in [0.3, 0.4) is 0 Å². The molecule has 0 aliphatic rings. The van der Waals surface area contributed by atoms with Crippen LogP contribution >= 0.6 is 0 Å². The van der Waals surface area contributed by atoms with Gasteiger partial charge >= 0.3 is 0 Å². The predicted octanol–water partition coefficient (Wildman–Crippen LogP) is 4.19. The van der Waals surface area contributed by atoms with E-state index in [0.29, 0.717) is 5.92 Å². The van der Waals surface area contributed by atoms with Crippen molar-refractivity contribution in [1.29, 1.82) is 0 Å². The summed E-state index contributed by atoms with van der Waals surface area (Å²) in [5, 5.41) is 2.94. The van der Waals surface area contributed by atoms with Gasteiger partial charge in [-0.3, -0.25) is 4.79 Å². The lowest BCUT2D eigenvalue weighted by Gasteiger charge is -2.19. The lowest BCUT2D eigenvalue weighted by atomic mass is 10.0. The van der Waals surface area contributed by atoms with E-state index in [2.05, 4.69) is 38.2 Å². The highest BCUT2D eigenvalue weighted by molar-refractivity contribution is 5.80. The average Bonchev–Trinajstić information content (AvgIpc) is 2.43. The molecule has 1 rings (SSSR count). The number of aryl methyl sites for hydroxylation is 1. The summed E-state index contributed by atoms with van der Waals surface area (Å²) in [5.41, 5.74) is 2.29. The van der Waals surface area contributed by atoms with Crippen molar-refractivity contribution >= 4 is 5.91 Å². The lowest BCUT2D eigenvalue weighted by molar-refractivity contribution is -0.127. The lowest BCUT2D eigenvalue weighted by Crippen LogP contribution is -2.37. The zero-order chi connectivity index (χ0) is 15.8. The van der Waals surface area contributed by atoms with E-state index in [4.69, 9.17) is 4.74 Å². The fourth-order valence-electron chi connectivity index (χ4n) is 2.19. The van der Waals surface area contributed by atoms with Crippen molar-refractivity contribution in [3.05, 3.63) is 29.3 Å². The van der Waals surface area contributed by atoms with Gasteiger partial charge in [-0.15, -0.1) is 0 Å². The van der Waals surface area contributed by atoms with E-state index in [-0.39, 0.29) is 5.91 Å². The van der Waals surface area contributed by atoms with E-state index in [9.17, 15) is 4.79 Å². The molecule has 0 spiro atoms. The van der Waals surface area contributed by atoms with Crippen molar-refractivity contribution in [1.82, 2.24) is 5.32 Å². The molecule has 0 heterocycles. The number of hydrogen-bond acceptors (Lipinski definition) is 2. The summed E-state index contributed by atoms with van der Waals surface area (Å²) in [6.07, 6.45) is 2.86. The van der Waals surface area contributed by atoms with Gasteiger partial charge in [0.15, 0.2) is 6.10 Å². The van der Waals surface area contributed by atoms with Gasteiger partial charge in [-0.05, 0) is 43.4 Å². The fourth-order valence-corrected chi connectivity index (χ4v) is 2.19. The molecule has 0 aliphatic carbocycles. The third kappa shape index (κ3) is 5.78. The maximum atomic E-state index is 12.0. The fraction of sp³-hybridized carbons (Fsp3) is 0.611. The second-order valence-corrected chi connectivity index (χ2v) is 5.95. The Morgan fingerprint density at radius 3 is 2.57 bits per heavy atom. The molecule has 118 valence electrons. The number of benzene rings is 1. The Bertz CT molecular complexity index is 455. The van der Waals surface area contributed by atoms with Gasteiger partial charge < -0.3 is 10.1 Å². The van der Waals surface area contributed by atoms with Gasteiger partial charge in [0, 0.05) is 6.54 Å². The first-order valence-corrected chi connectivity index (χ1v) is 8.00. The Labute approximate surface area is 129 Å². The van der Waals surface area contributed by atoms with Gasteiger partial charge in [-0.1, -0.05) is 45.7 Å². The number of ether oxygens (including phenoxy) is 1. The van der Waals surface area contributed by atoms with Gasteiger partial charge in [-0.2, -0.15) is 0 Å². The third-order valence-electron chi connectivity index (χ3n) is 3.54. The van der Waals surface area contributed by atoms with Crippen molar-refractivity contribution in [2.45, 2.75) is 65.9 Å². The molecule has 1 aromatic carbocycles. The summed E-state index contributed by atoms with van der Waals surface area (Å²) in [7, 11) is 0. The van der Waals surface area contributed by atoms with Crippen molar-refractivity contribution in [3.63, 3.8) is 0 Å². The van der Waals surface area contributed by atoms with Crippen LogP contribution in [0.1, 0.15) is 64.0 Å². The SMILES string of the molecule is CCCCCNC(=O)C(C)Oc1cc(C)ccc1C(C)C. The molecule has 21 heavy (non-hydrogen) atoms. The molecule has 0 aromatic heterocycles. The van der Waals surface area contributed by atoms with E-state index in [1.807, 2.05) is 19.9 Å². The molecular formula is C18H29NO2. The first-order chi connectivity index (χ1) is 9.95. The van der Waals surface area contributed by atoms with Gasteiger partial charge in [0.1, 0.15) is 5.75 Å². The molecule has 3 nitrogen and oxygen atoms in total. The Hall–Kier alpha value is -1.51. The summed E-state index contributed by atoms with van der Waals surface area (Å²) in [4.78, 5) is 12.0. The highest BCUT2D eigenvalue weighted by Gasteiger charge is 2.17. The monoisotopic (exact) mass is 291 g/mol. The van der Waals surface area contributed by atoms with Crippen molar-refractivity contribution in [3.8, 4) is 5.75 Å². The molecular weight excluding hydrogens is 262 g/mol. The highest BCUT2D eigenvalue weighted by atomic mass is 16.5. The number of nitrogens with one attached hydrogen (secondary N) is 1. The Morgan fingerprint density at radius 1 is 1.24 bits per heavy atom. The van der Waals surface area contributed by atoms with Gasteiger partial charge in [-0.25, -0.2) is 0 Å². The summed E-state index contributed by atoms with van der Waals surface area (Å²) >= 11 is 0. The molecule has 1 unspecified atom stereocenters. The Kier molecular flexibility index (Phi) is 7.27. The largest absolute Gasteiger partial charge is 0.481 e. The van der Waals surface area contributed by atoms with Gasteiger partial charge in [0.2, 0.25) is 0 Å². The molecule has 0 bridgehead atoms. The van der Waals surface area contributed by atoms with Crippen LogP contribution in [0.2, 0.25) is 0 Å². The Balaban J connectivity index is 2.63. The standard InChI is InChI=1S/C18H29NO2/c1-6-7-8-11-19-18(20)15(5)21-17-12-14(4)9-10-16(17)13(2)3/h9-10,12-13,15H,6-8,11H2,1-5H3,(H,19,20). The minimum atomic E-state index is -0.467. The molecule has 1 atom stereocenters. The molecule has 1 aromatic rings. The highest BCUT2D eigenvalue weighted by Crippen LogP contribution is 2.28. The van der Waals surface area contributed by atoms with Crippen LogP contribution in [0.4, 0.5) is 0 Å². The number of carbonyl (C=O) groups is 1. The summed E-state index contributed by atoms with van der Waals surface area (Å²) in [6, 6.07) is 6.18. The number of rotatable bonds is 8. The van der Waals surface area contributed by atoms with Crippen LogP contribution < -0.4 is 10.1 Å². The normalized spacial score (nSPS) is 12.3. The van der Waals surface area contributed by atoms with Crippen LogP contribution in [0.15, 0.2) is 18.2 Å². The Morgan fingerprint density at radius 2 is 1.95 bits per heavy atom. The minimum absolute atomic E-state index is 0.0395. The van der Waals surface area contributed by atoms with Crippen LogP contribution in [0.25, 0.3) is 0 Å². The molecule has 0 saturated heterocycles. The summed E-state index contributed by atoms with van der Waals surface area (Å²) in [6.45, 7) is 11.0. The first-order valence-electron chi connectivity index (χ1n) is 8.00. The second kappa shape index (κ2) is 8.71. The average molecular weight is 291 g/mol. The maximum Gasteiger partial charge on any atom is 0.260 e. The van der Waals surface area contributed by atoms with Crippen molar-refractivity contribution in [2.24, 2.45) is 0 Å². The molecule has 1 amide bonds. The minimum Gasteiger partial charge on any atom is -0.481 e. The number of amides is 1. The molecule has 0 radical (unpaired) electrons. The van der Waals surface area contributed by atoms with E-state index >= 15 is 0 Å². The smallest absolute Gasteiger partial charge is 0.260 e. The summed E-state index contributed by atoms with van der Waals surface area (Å²) in [5.74, 6) is 1.16. The topological polar surface area (TPSA) is 38.3 Å². The second-order valence-electron chi connectivity index (χ2n) is 5.95. The van der Waals surface area contributed by atoms with Crippen LogP contribution in [-0.2, 0) is 4.79 Å². The number of hydrogen-bond donors (Lipinski definition) is 1. The molecule has 1 N–H and O–H groups in total. The first kappa shape index (κ1) is 17.5.